The molecule has 2 rings (SSSR count). The van der Waals surface area contributed by atoms with Crippen molar-refractivity contribution in [3.63, 3.8) is 0 Å². The van der Waals surface area contributed by atoms with E-state index in [-0.39, 0.29) is 5.69 Å². The Morgan fingerprint density at radius 2 is 2.09 bits per heavy atom. The van der Waals surface area contributed by atoms with Crippen LogP contribution >= 0.6 is 0 Å². The summed E-state index contributed by atoms with van der Waals surface area (Å²) in [7, 11) is -0.989. The van der Waals surface area contributed by atoms with Gasteiger partial charge in [-0.2, -0.15) is 0 Å². The van der Waals surface area contributed by atoms with Crippen molar-refractivity contribution in [3.05, 3.63) is 23.8 Å². The van der Waals surface area contributed by atoms with Crippen LogP contribution in [-0.4, -0.2) is 48.6 Å². The molecule has 1 atom stereocenters. The Hall–Kier alpha value is -1.44. The molecular weight excluding hydrogens is 312 g/mol. The van der Waals surface area contributed by atoms with Gasteiger partial charge in [0.1, 0.15) is 17.7 Å². The van der Waals surface area contributed by atoms with Gasteiger partial charge in [-0.15, -0.1) is 0 Å². The van der Waals surface area contributed by atoms with E-state index in [0.29, 0.717) is 31.7 Å². The molecule has 2 heterocycles. The van der Waals surface area contributed by atoms with E-state index in [1.807, 2.05) is 13.8 Å². The second kappa shape index (κ2) is 6.76. The molecule has 5 nitrogen and oxygen atoms in total. The monoisotopic (exact) mass is 331 g/mol. The van der Waals surface area contributed by atoms with Gasteiger partial charge in [-0.25, -0.2) is 18.7 Å². The average molecular weight is 331 g/mol. The molecule has 0 N–H and O–H groups in total. The van der Waals surface area contributed by atoms with Crippen LogP contribution in [0, 0.1) is 0 Å². The van der Waals surface area contributed by atoms with Crippen molar-refractivity contribution in [1.82, 2.24) is 14.9 Å². The molecular formula is C14H19F2N3O2S. The highest BCUT2D eigenvalue weighted by Gasteiger charge is 2.40. The predicted molar refractivity (Wildman–Crippen MR) is 79.2 cm³/mol. The molecule has 0 unspecified atom stereocenters. The van der Waals surface area contributed by atoms with Crippen LogP contribution in [0.5, 0.6) is 0 Å². The first-order chi connectivity index (χ1) is 10.4. The summed E-state index contributed by atoms with van der Waals surface area (Å²) in [5.74, 6) is -0.00695. The standard InChI is InChI=1S/C14H19F2N3O2S/c1-3-14(4-2)8-19(5-6-22(14)21)13(20)11-7-10(12(15)16)17-9-18-11/h7,9,12H,3-6,8H2,1-2H3/t22-/m1/s1. The van der Waals surface area contributed by atoms with Gasteiger partial charge in [0, 0.05) is 29.6 Å². The topological polar surface area (TPSA) is 63.2 Å². The van der Waals surface area contributed by atoms with Crippen molar-refractivity contribution in [2.45, 2.75) is 37.9 Å². The van der Waals surface area contributed by atoms with Crippen molar-refractivity contribution in [2.75, 3.05) is 18.8 Å². The zero-order valence-electron chi connectivity index (χ0n) is 12.6. The van der Waals surface area contributed by atoms with Crippen LogP contribution in [-0.2, 0) is 10.8 Å². The Labute approximate surface area is 130 Å². The van der Waals surface area contributed by atoms with Gasteiger partial charge in [0.05, 0.1) is 4.75 Å². The van der Waals surface area contributed by atoms with Crippen LogP contribution in [0.4, 0.5) is 8.78 Å². The van der Waals surface area contributed by atoms with Gasteiger partial charge in [-0.1, -0.05) is 13.8 Å². The van der Waals surface area contributed by atoms with Crippen molar-refractivity contribution >= 4 is 16.7 Å². The minimum Gasteiger partial charge on any atom is -0.335 e. The Kier molecular flexibility index (Phi) is 5.20. The summed E-state index contributed by atoms with van der Waals surface area (Å²) in [4.78, 5) is 21.3. The highest BCUT2D eigenvalue weighted by molar-refractivity contribution is 7.86. The van der Waals surface area contributed by atoms with Gasteiger partial charge in [-0.05, 0) is 18.9 Å². The minimum absolute atomic E-state index is 0.0425. The summed E-state index contributed by atoms with van der Waals surface area (Å²) in [5, 5.41) is 0. The summed E-state index contributed by atoms with van der Waals surface area (Å²) in [5.41, 5.74) is -0.504. The SMILES string of the molecule is CCC1(CC)CN(C(=O)c2cc(C(F)F)ncn2)CC[S@]1=O. The summed E-state index contributed by atoms with van der Waals surface area (Å²) >= 11 is 0. The number of rotatable bonds is 4. The van der Waals surface area contributed by atoms with Crippen molar-refractivity contribution in [2.24, 2.45) is 0 Å². The van der Waals surface area contributed by atoms with Crippen LogP contribution in [0.25, 0.3) is 0 Å². The van der Waals surface area contributed by atoms with Crippen LogP contribution in [0.15, 0.2) is 12.4 Å². The molecule has 1 aliphatic rings. The fourth-order valence-corrected chi connectivity index (χ4v) is 4.41. The first-order valence-electron chi connectivity index (χ1n) is 7.21. The first kappa shape index (κ1) is 16.9. The number of halogens is 2. The van der Waals surface area contributed by atoms with Crippen LogP contribution in [0.2, 0.25) is 0 Å². The number of carbonyl (C=O) groups is 1. The molecule has 1 aliphatic heterocycles. The molecule has 0 aliphatic carbocycles. The fraction of sp³-hybridized carbons (Fsp3) is 0.643. The van der Waals surface area contributed by atoms with Crippen LogP contribution in [0.3, 0.4) is 0 Å². The van der Waals surface area contributed by atoms with Crippen molar-refractivity contribution in [3.8, 4) is 0 Å². The lowest BCUT2D eigenvalue weighted by atomic mass is 10.0. The van der Waals surface area contributed by atoms with Gasteiger partial charge < -0.3 is 4.90 Å². The Morgan fingerprint density at radius 3 is 2.68 bits per heavy atom. The van der Waals surface area contributed by atoms with Crippen molar-refractivity contribution in [1.29, 1.82) is 0 Å². The third-order valence-corrected chi connectivity index (χ3v) is 6.44. The molecule has 0 aromatic carbocycles. The zero-order valence-corrected chi connectivity index (χ0v) is 13.4. The highest BCUT2D eigenvalue weighted by Crippen LogP contribution is 2.29. The second-order valence-corrected chi connectivity index (χ2v) is 7.26. The van der Waals surface area contributed by atoms with Crippen LogP contribution < -0.4 is 0 Å². The number of nitrogens with zero attached hydrogens (tertiary/aromatic N) is 3. The van der Waals surface area contributed by atoms with E-state index in [1.54, 1.807) is 4.90 Å². The first-order valence-corrected chi connectivity index (χ1v) is 8.53. The van der Waals surface area contributed by atoms with Gasteiger partial charge >= 0.3 is 0 Å². The molecule has 122 valence electrons. The summed E-state index contributed by atoms with van der Waals surface area (Å²) in [6, 6.07) is 1.03. The Bertz CT molecular complexity index is 579. The van der Waals surface area contributed by atoms with Crippen LogP contribution in [0.1, 0.15) is 49.3 Å². The number of hydrogen-bond acceptors (Lipinski definition) is 4. The maximum Gasteiger partial charge on any atom is 0.280 e. The molecule has 8 heteroatoms. The molecule has 0 bridgehead atoms. The van der Waals surface area contributed by atoms with Gasteiger partial charge in [-0.3, -0.25) is 9.00 Å². The average Bonchev–Trinajstić information content (AvgIpc) is 2.55. The zero-order chi connectivity index (χ0) is 16.3. The van der Waals surface area contributed by atoms with Crippen molar-refractivity contribution < 1.29 is 17.8 Å². The largest absolute Gasteiger partial charge is 0.335 e. The molecule has 0 saturated carbocycles. The Morgan fingerprint density at radius 1 is 1.41 bits per heavy atom. The summed E-state index contributed by atoms with van der Waals surface area (Å²) in [6.45, 7) is 4.62. The Balaban J connectivity index is 2.23. The predicted octanol–water partition coefficient (Wildman–Crippen LogP) is 2.18. The smallest absolute Gasteiger partial charge is 0.280 e. The lowest BCUT2D eigenvalue weighted by Gasteiger charge is -2.41. The second-order valence-electron chi connectivity index (χ2n) is 5.30. The molecule has 1 fully saturated rings. The fourth-order valence-electron chi connectivity index (χ4n) is 2.65. The van der Waals surface area contributed by atoms with Gasteiger partial charge in [0.15, 0.2) is 0 Å². The van der Waals surface area contributed by atoms with Gasteiger partial charge in [0.25, 0.3) is 12.3 Å². The van der Waals surface area contributed by atoms with E-state index in [2.05, 4.69) is 9.97 Å². The van der Waals surface area contributed by atoms with E-state index in [9.17, 15) is 17.8 Å². The quantitative estimate of drug-likeness (QED) is 0.848. The number of aromatic nitrogens is 2. The minimum atomic E-state index is -2.74. The van der Waals surface area contributed by atoms with E-state index < -0.39 is 33.6 Å². The molecule has 1 aromatic heterocycles. The molecule has 0 radical (unpaired) electrons. The van der Waals surface area contributed by atoms with E-state index in [0.717, 1.165) is 12.4 Å². The number of carbonyl (C=O) groups excluding carboxylic acids is 1. The molecule has 1 aromatic rings. The molecule has 1 amide bonds. The lowest BCUT2D eigenvalue weighted by Crippen LogP contribution is -2.54. The maximum atomic E-state index is 12.7. The third kappa shape index (κ3) is 3.16. The molecule has 0 spiro atoms. The van der Waals surface area contributed by atoms with Gasteiger partial charge in [0.2, 0.25) is 0 Å². The van der Waals surface area contributed by atoms with E-state index in [1.165, 1.54) is 0 Å². The summed E-state index contributed by atoms with van der Waals surface area (Å²) in [6.07, 6.45) is -0.365. The maximum absolute atomic E-state index is 12.7. The third-order valence-electron chi connectivity index (χ3n) is 4.22. The lowest BCUT2D eigenvalue weighted by molar-refractivity contribution is 0.0729. The van der Waals surface area contributed by atoms with E-state index in [4.69, 9.17) is 0 Å². The normalized spacial score (nSPS) is 21.1. The number of alkyl halides is 2. The molecule has 1 saturated heterocycles. The molecule has 22 heavy (non-hydrogen) atoms. The van der Waals surface area contributed by atoms with E-state index >= 15 is 0 Å². The highest BCUT2D eigenvalue weighted by atomic mass is 32.2. The summed E-state index contributed by atoms with van der Waals surface area (Å²) < 4.78 is 37.2. The number of hydrogen-bond donors (Lipinski definition) is 0. The number of amides is 1.